The van der Waals surface area contributed by atoms with Gasteiger partial charge in [-0.1, -0.05) is 11.3 Å². The number of carbonyl (C=O) groups excluding carboxylic acids is 1. The van der Waals surface area contributed by atoms with Crippen molar-refractivity contribution in [1.29, 1.82) is 0 Å². The zero-order valence-corrected chi connectivity index (χ0v) is 20.1. The minimum absolute atomic E-state index is 0.0641. The van der Waals surface area contributed by atoms with Gasteiger partial charge >= 0.3 is 0 Å². The fourth-order valence-corrected chi connectivity index (χ4v) is 4.77. The molecule has 0 radical (unpaired) electrons. The highest BCUT2D eigenvalue weighted by Gasteiger charge is 2.19. The Bertz CT molecular complexity index is 1390. The second-order valence-electron chi connectivity index (χ2n) is 8.38. The highest BCUT2D eigenvalue weighted by molar-refractivity contribution is 7.13. The average Bonchev–Trinajstić information content (AvgIpc) is 3.53. The highest BCUT2D eigenvalue weighted by Crippen LogP contribution is 2.28. The maximum atomic E-state index is 12.4. The van der Waals surface area contributed by atoms with Crippen LogP contribution in [0.4, 0.5) is 0 Å². The molecule has 0 aliphatic carbocycles. The molecule has 10 heteroatoms. The first-order chi connectivity index (χ1) is 17.1. The smallest absolute Gasteiger partial charge is 0.261 e. The van der Waals surface area contributed by atoms with Crippen molar-refractivity contribution in [1.82, 2.24) is 30.2 Å². The van der Waals surface area contributed by atoms with Crippen molar-refractivity contribution >= 4 is 17.2 Å². The van der Waals surface area contributed by atoms with E-state index in [2.05, 4.69) is 20.9 Å². The summed E-state index contributed by atoms with van der Waals surface area (Å²) in [4.78, 5) is 26.5. The van der Waals surface area contributed by atoms with E-state index in [0.717, 1.165) is 36.5 Å². The SMILES string of the molecule is Cc1ccc(C(=O)NCc2cn(-c3ccc(-n4ccccc4=O)cc3OC3CCNCC3)nn2)s1. The van der Waals surface area contributed by atoms with Gasteiger partial charge in [0.25, 0.3) is 11.5 Å². The van der Waals surface area contributed by atoms with Crippen LogP contribution in [0.3, 0.4) is 0 Å². The van der Waals surface area contributed by atoms with E-state index >= 15 is 0 Å². The fraction of sp³-hybridized carbons (Fsp3) is 0.280. The Morgan fingerprint density at radius 2 is 2.06 bits per heavy atom. The number of carbonyl (C=O) groups is 1. The first kappa shape index (κ1) is 23.0. The van der Waals surface area contributed by atoms with Crippen LogP contribution in [0.2, 0.25) is 0 Å². The third kappa shape index (κ3) is 5.33. The lowest BCUT2D eigenvalue weighted by molar-refractivity contribution is 0.0954. The molecular formula is C25H26N6O3S. The summed E-state index contributed by atoms with van der Waals surface area (Å²) in [5.74, 6) is 0.491. The highest BCUT2D eigenvalue weighted by atomic mass is 32.1. The first-order valence-corrected chi connectivity index (χ1v) is 12.3. The van der Waals surface area contributed by atoms with Crippen molar-refractivity contribution in [2.45, 2.75) is 32.4 Å². The van der Waals surface area contributed by atoms with Gasteiger partial charge in [0, 0.05) is 23.2 Å². The molecule has 0 saturated carbocycles. The Morgan fingerprint density at radius 3 is 2.83 bits per heavy atom. The molecule has 0 bridgehead atoms. The van der Waals surface area contributed by atoms with Crippen LogP contribution in [-0.4, -0.2) is 44.7 Å². The van der Waals surface area contributed by atoms with Crippen LogP contribution in [0.1, 0.15) is 33.1 Å². The van der Waals surface area contributed by atoms with E-state index in [1.54, 1.807) is 27.7 Å². The molecule has 0 spiro atoms. The predicted octanol–water partition coefficient (Wildman–Crippen LogP) is 2.85. The minimum atomic E-state index is -0.134. The number of aryl methyl sites for hydroxylation is 1. The summed E-state index contributed by atoms with van der Waals surface area (Å²) in [7, 11) is 0. The molecule has 5 rings (SSSR count). The van der Waals surface area contributed by atoms with Crippen LogP contribution in [0.5, 0.6) is 5.75 Å². The van der Waals surface area contributed by atoms with Crippen LogP contribution in [-0.2, 0) is 6.54 Å². The molecule has 4 heterocycles. The molecule has 1 aromatic carbocycles. The number of thiophene rings is 1. The zero-order valence-electron chi connectivity index (χ0n) is 19.3. The summed E-state index contributed by atoms with van der Waals surface area (Å²) in [5.41, 5.74) is 1.94. The van der Waals surface area contributed by atoms with E-state index in [1.165, 1.54) is 17.4 Å². The van der Waals surface area contributed by atoms with Crippen molar-refractivity contribution in [3.63, 3.8) is 0 Å². The van der Waals surface area contributed by atoms with Gasteiger partial charge in [-0.2, -0.15) is 0 Å². The number of ether oxygens (including phenoxy) is 1. The maximum Gasteiger partial charge on any atom is 0.261 e. The van der Waals surface area contributed by atoms with Crippen LogP contribution >= 0.6 is 11.3 Å². The molecule has 0 unspecified atom stereocenters. The molecule has 4 aromatic rings. The number of rotatable bonds is 7. The second-order valence-corrected chi connectivity index (χ2v) is 9.66. The van der Waals surface area contributed by atoms with E-state index in [-0.39, 0.29) is 24.1 Å². The van der Waals surface area contributed by atoms with E-state index < -0.39 is 0 Å². The average molecular weight is 491 g/mol. The monoisotopic (exact) mass is 490 g/mol. The zero-order chi connectivity index (χ0) is 24.2. The van der Waals surface area contributed by atoms with Crippen molar-refractivity contribution < 1.29 is 9.53 Å². The van der Waals surface area contributed by atoms with E-state index in [9.17, 15) is 9.59 Å². The number of pyridine rings is 1. The number of amides is 1. The van der Waals surface area contributed by atoms with Gasteiger partial charge in [-0.3, -0.25) is 14.2 Å². The summed E-state index contributed by atoms with van der Waals surface area (Å²) >= 11 is 1.45. The standard InChI is InChI=1S/C25H26N6O3S/c1-17-5-8-23(35-17)25(33)27-15-18-16-31(29-28-18)21-7-6-19(30-13-3-2-4-24(30)32)14-22(21)34-20-9-11-26-12-10-20/h2-8,13-14,16,20,26H,9-12,15H2,1H3,(H,27,33). The molecule has 3 aromatic heterocycles. The first-order valence-electron chi connectivity index (χ1n) is 11.5. The summed E-state index contributed by atoms with van der Waals surface area (Å²) in [6, 6.07) is 14.4. The lowest BCUT2D eigenvalue weighted by atomic mass is 10.1. The van der Waals surface area contributed by atoms with Crippen molar-refractivity contribution in [2.24, 2.45) is 0 Å². The lowest BCUT2D eigenvalue weighted by Crippen LogP contribution is -2.34. The summed E-state index contributed by atoms with van der Waals surface area (Å²) < 4.78 is 9.62. The Balaban J connectivity index is 1.40. The molecule has 1 saturated heterocycles. The molecule has 0 atom stereocenters. The third-order valence-electron chi connectivity index (χ3n) is 5.81. The van der Waals surface area contributed by atoms with Crippen LogP contribution in [0, 0.1) is 6.92 Å². The molecule has 2 N–H and O–H groups in total. The van der Waals surface area contributed by atoms with Gasteiger partial charge in [0.15, 0.2) is 0 Å². The summed E-state index contributed by atoms with van der Waals surface area (Å²) in [6.45, 7) is 4.03. The number of piperidine rings is 1. The van der Waals surface area contributed by atoms with Gasteiger partial charge in [-0.15, -0.1) is 16.4 Å². The van der Waals surface area contributed by atoms with E-state index in [1.807, 2.05) is 43.3 Å². The number of aromatic nitrogens is 4. The number of hydrogen-bond acceptors (Lipinski definition) is 7. The van der Waals surface area contributed by atoms with Gasteiger partial charge in [0.1, 0.15) is 23.2 Å². The molecule has 180 valence electrons. The van der Waals surface area contributed by atoms with Gasteiger partial charge in [0.2, 0.25) is 0 Å². The number of nitrogens with one attached hydrogen (secondary N) is 2. The summed E-state index contributed by atoms with van der Waals surface area (Å²) in [6.07, 6.45) is 5.36. The third-order valence-corrected chi connectivity index (χ3v) is 6.81. The molecule has 1 fully saturated rings. The Labute approximate surface area is 206 Å². The minimum Gasteiger partial charge on any atom is -0.488 e. The molecule has 9 nitrogen and oxygen atoms in total. The van der Waals surface area contributed by atoms with Gasteiger partial charge in [-0.05, 0) is 63.2 Å². The molecule has 1 aliphatic rings. The molecule has 1 amide bonds. The van der Waals surface area contributed by atoms with Gasteiger partial charge < -0.3 is 15.4 Å². The topological polar surface area (TPSA) is 103 Å². The predicted molar refractivity (Wildman–Crippen MR) is 134 cm³/mol. The number of hydrogen-bond donors (Lipinski definition) is 2. The van der Waals surface area contributed by atoms with Crippen molar-refractivity contribution in [3.05, 3.63) is 86.7 Å². The molecular weight excluding hydrogens is 464 g/mol. The van der Waals surface area contributed by atoms with E-state index in [0.29, 0.717) is 22.0 Å². The van der Waals surface area contributed by atoms with Gasteiger partial charge in [-0.25, -0.2) is 4.68 Å². The summed E-state index contributed by atoms with van der Waals surface area (Å²) in [5, 5.41) is 14.7. The van der Waals surface area contributed by atoms with Crippen LogP contribution in [0.15, 0.2) is 65.7 Å². The number of benzene rings is 1. The Morgan fingerprint density at radius 1 is 1.20 bits per heavy atom. The second kappa shape index (κ2) is 10.2. The van der Waals surface area contributed by atoms with Gasteiger partial charge in [0.05, 0.1) is 23.3 Å². The quantitative estimate of drug-likeness (QED) is 0.413. The van der Waals surface area contributed by atoms with E-state index in [4.69, 9.17) is 4.74 Å². The Kier molecular flexibility index (Phi) is 6.73. The van der Waals surface area contributed by atoms with Crippen molar-refractivity contribution in [2.75, 3.05) is 13.1 Å². The van der Waals surface area contributed by atoms with Crippen LogP contribution < -0.4 is 20.9 Å². The van der Waals surface area contributed by atoms with Crippen LogP contribution in [0.25, 0.3) is 11.4 Å². The van der Waals surface area contributed by atoms with Crippen molar-refractivity contribution in [3.8, 4) is 17.1 Å². The fourth-order valence-electron chi connectivity index (χ4n) is 3.98. The molecule has 35 heavy (non-hydrogen) atoms. The lowest BCUT2D eigenvalue weighted by Gasteiger charge is -2.25. The molecule has 1 aliphatic heterocycles. The maximum absolute atomic E-state index is 12.4. The Hall–Kier alpha value is -3.76. The largest absolute Gasteiger partial charge is 0.488 e. The number of nitrogens with zero attached hydrogens (tertiary/aromatic N) is 4. The normalized spacial score (nSPS) is 14.1.